The molecule has 1 aliphatic heterocycles. The van der Waals surface area contributed by atoms with Gasteiger partial charge in [-0.3, -0.25) is 9.48 Å². The van der Waals surface area contributed by atoms with Crippen molar-refractivity contribution in [3.63, 3.8) is 0 Å². The maximum Gasteiger partial charge on any atom is 0.311 e. The third-order valence-corrected chi connectivity index (χ3v) is 2.78. The predicted molar refractivity (Wildman–Crippen MR) is 64.7 cm³/mol. The van der Waals surface area contributed by atoms with Crippen LogP contribution in [0.2, 0.25) is 0 Å². The first-order chi connectivity index (χ1) is 7.87. The number of hydrogen-bond donors (Lipinski definition) is 1. The van der Waals surface area contributed by atoms with E-state index in [-0.39, 0.29) is 11.9 Å². The lowest BCUT2D eigenvalue weighted by Crippen LogP contribution is -2.35. The van der Waals surface area contributed by atoms with E-state index in [1.54, 1.807) is 10.9 Å². The van der Waals surface area contributed by atoms with Gasteiger partial charge in [0.25, 0.3) is 0 Å². The summed E-state index contributed by atoms with van der Waals surface area (Å²) < 4.78 is 7.20. The highest BCUT2D eigenvalue weighted by Crippen LogP contribution is 2.25. The minimum Gasteiger partial charge on any atom is -0.460 e. The Hall–Kier alpha value is -1.52. The number of hydrogen-bond acceptors (Lipinski definition) is 4. The zero-order valence-corrected chi connectivity index (χ0v) is 10.8. The number of esters is 1. The fraction of sp³-hybridized carbons (Fsp3) is 0.667. The van der Waals surface area contributed by atoms with Gasteiger partial charge in [0.2, 0.25) is 0 Å². The van der Waals surface area contributed by atoms with Gasteiger partial charge in [-0.1, -0.05) is 0 Å². The maximum absolute atomic E-state index is 12.0. The fourth-order valence-corrected chi connectivity index (χ4v) is 1.94. The largest absolute Gasteiger partial charge is 0.460 e. The van der Waals surface area contributed by atoms with Gasteiger partial charge in [0.05, 0.1) is 23.5 Å². The number of aromatic nitrogens is 2. The summed E-state index contributed by atoms with van der Waals surface area (Å²) in [7, 11) is 1.89. The van der Waals surface area contributed by atoms with Crippen LogP contribution in [-0.4, -0.2) is 27.9 Å². The highest BCUT2D eigenvalue weighted by molar-refractivity contribution is 5.75. The first-order valence-corrected chi connectivity index (χ1v) is 5.84. The van der Waals surface area contributed by atoms with Crippen molar-refractivity contribution in [2.75, 3.05) is 11.9 Å². The molecule has 5 nitrogen and oxygen atoms in total. The molecule has 1 N–H and O–H groups in total. The molecule has 0 saturated heterocycles. The van der Waals surface area contributed by atoms with E-state index in [9.17, 15) is 4.79 Å². The Labute approximate surface area is 101 Å². The lowest BCUT2D eigenvalue weighted by Gasteiger charge is -2.27. The molecule has 1 aliphatic rings. The van der Waals surface area contributed by atoms with Crippen molar-refractivity contribution in [1.29, 1.82) is 0 Å². The number of ether oxygens (including phenoxy) is 1. The Morgan fingerprint density at radius 1 is 1.59 bits per heavy atom. The van der Waals surface area contributed by atoms with Crippen molar-refractivity contribution in [2.24, 2.45) is 13.0 Å². The first kappa shape index (κ1) is 12.0. The van der Waals surface area contributed by atoms with Crippen LogP contribution in [-0.2, 0) is 23.0 Å². The number of nitrogens with zero attached hydrogens (tertiary/aromatic N) is 2. The van der Waals surface area contributed by atoms with E-state index in [0.29, 0.717) is 13.0 Å². The van der Waals surface area contributed by atoms with Gasteiger partial charge in [0, 0.05) is 20.0 Å². The van der Waals surface area contributed by atoms with Crippen LogP contribution >= 0.6 is 0 Å². The molecule has 0 amide bonds. The molecule has 2 heterocycles. The number of carbonyl (C=O) groups excluding carboxylic acids is 1. The molecule has 94 valence electrons. The van der Waals surface area contributed by atoms with Gasteiger partial charge in [-0.2, -0.15) is 5.10 Å². The molecule has 0 radical (unpaired) electrons. The second kappa shape index (κ2) is 4.05. The van der Waals surface area contributed by atoms with Crippen molar-refractivity contribution in [3.8, 4) is 0 Å². The molecular formula is C12H19N3O2. The standard InChI is InChI=1S/C12H19N3O2/c1-12(2,3)17-11(16)8-5-10-9(13-6-8)7-14-15(10)4/h7-8,13H,5-6H2,1-4H3. The maximum atomic E-state index is 12.0. The lowest BCUT2D eigenvalue weighted by atomic mass is 9.98. The van der Waals surface area contributed by atoms with E-state index in [4.69, 9.17) is 4.74 Å². The third-order valence-electron chi connectivity index (χ3n) is 2.78. The molecule has 17 heavy (non-hydrogen) atoms. The Balaban J connectivity index is 2.07. The highest BCUT2D eigenvalue weighted by Gasteiger charge is 2.30. The average molecular weight is 237 g/mol. The second-order valence-corrected chi connectivity index (χ2v) is 5.44. The number of anilines is 1. The molecule has 0 spiro atoms. The van der Waals surface area contributed by atoms with Gasteiger partial charge in [-0.25, -0.2) is 0 Å². The van der Waals surface area contributed by atoms with E-state index >= 15 is 0 Å². The summed E-state index contributed by atoms with van der Waals surface area (Å²) >= 11 is 0. The topological polar surface area (TPSA) is 56.2 Å². The van der Waals surface area contributed by atoms with Gasteiger partial charge in [0.15, 0.2) is 0 Å². The van der Waals surface area contributed by atoms with E-state index in [1.807, 2.05) is 27.8 Å². The molecule has 5 heteroatoms. The van der Waals surface area contributed by atoms with E-state index < -0.39 is 5.60 Å². The number of carbonyl (C=O) groups is 1. The van der Waals surface area contributed by atoms with Crippen LogP contribution in [0, 0.1) is 5.92 Å². The number of fused-ring (bicyclic) bond motifs is 1. The Morgan fingerprint density at radius 3 is 2.94 bits per heavy atom. The van der Waals surface area contributed by atoms with Crippen LogP contribution in [0.4, 0.5) is 5.69 Å². The number of rotatable bonds is 1. The zero-order chi connectivity index (χ0) is 12.6. The van der Waals surface area contributed by atoms with Crippen LogP contribution < -0.4 is 5.32 Å². The summed E-state index contributed by atoms with van der Waals surface area (Å²) in [5.74, 6) is -0.269. The Bertz CT molecular complexity index is 431. The molecule has 1 unspecified atom stereocenters. The molecule has 1 aromatic rings. The molecule has 0 aromatic carbocycles. The van der Waals surface area contributed by atoms with Crippen molar-refractivity contribution >= 4 is 11.7 Å². The summed E-state index contributed by atoms with van der Waals surface area (Å²) in [5.41, 5.74) is 1.66. The second-order valence-electron chi connectivity index (χ2n) is 5.44. The van der Waals surface area contributed by atoms with Gasteiger partial charge >= 0.3 is 5.97 Å². The van der Waals surface area contributed by atoms with Crippen LogP contribution in [0.5, 0.6) is 0 Å². The molecule has 0 aliphatic carbocycles. The zero-order valence-electron chi connectivity index (χ0n) is 10.8. The van der Waals surface area contributed by atoms with Crippen LogP contribution in [0.3, 0.4) is 0 Å². The van der Waals surface area contributed by atoms with Gasteiger partial charge in [-0.05, 0) is 20.8 Å². The SMILES string of the molecule is Cn1ncc2c1CC(C(=O)OC(C)(C)C)CN2. The number of aryl methyl sites for hydroxylation is 1. The predicted octanol–water partition coefficient (Wildman–Crippen LogP) is 1.35. The van der Waals surface area contributed by atoms with E-state index in [1.165, 1.54) is 0 Å². The molecule has 1 atom stereocenters. The average Bonchev–Trinajstić information content (AvgIpc) is 2.57. The summed E-state index contributed by atoms with van der Waals surface area (Å²) in [6.07, 6.45) is 2.48. The van der Waals surface area contributed by atoms with Crippen molar-refractivity contribution in [2.45, 2.75) is 32.8 Å². The molecule has 1 aromatic heterocycles. The number of nitrogens with one attached hydrogen (secondary N) is 1. The molecule has 2 rings (SSSR count). The van der Waals surface area contributed by atoms with E-state index in [2.05, 4.69) is 10.4 Å². The molecule has 0 bridgehead atoms. The summed E-state index contributed by atoms with van der Waals surface area (Å²) in [4.78, 5) is 12.0. The van der Waals surface area contributed by atoms with Crippen LogP contribution in [0.15, 0.2) is 6.20 Å². The highest BCUT2D eigenvalue weighted by atomic mass is 16.6. The van der Waals surface area contributed by atoms with Crippen molar-refractivity contribution in [1.82, 2.24) is 9.78 Å². The summed E-state index contributed by atoms with van der Waals surface area (Å²) in [6, 6.07) is 0. The molecule has 0 fully saturated rings. The third kappa shape index (κ3) is 2.60. The quantitative estimate of drug-likeness (QED) is 0.749. The van der Waals surface area contributed by atoms with Gasteiger partial charge in [-0.15, -0.1) is 0 Å². The van der Waals surface area contributed by atoms with E-state index in [0.717, 1.165) is 11.4 Å². The van der Waals surface area contributed by atoms with Crippen LogP contribution in [0.25, 0.3) is 0 Å². The minimum absolute atomic E-state index is 0.128. The Kier molecular flexibility index (Phi) is 2.85. The van der Waals surface area contributed by atoms with Crippen molar-refractivity contribution in [3.05, 3.63) is 11.9 Å². The van der Waals surface area contributed by atoms with Gasteiger partial charge in [0.1, 0.15) is 5.60 Å². The smallest absolute Gasteiger partial charge is 0.311 e. The molecule has 0 saturated carbocycles. The fourth-order valence-electron chi connectivity index (χ4n) is 1.94. The summed E-state index contributed by atoms with van der Waals surface area (Å²) in [6.45, 7) is 6.28. The molecular weight excluding hydrogens is 218 g/mol. The van der Waals surface area contributed by atoms with Gasteiger partial charge < -0.3 is 10.1 Å². The lowest BCUT2D eigenvalue weighted by molar-refractivity contribution is -0.159. The monoisotopic (exact) mass is 237 g/mol. The van der Waals surface area contributed by atoms with Crippen molar-refractivity contribution < 1.29 is 9.53 Å². The summed E-state index contributed by atoms with van der Waals surface area (Å²) in [5, 5.41) is 7.38. The van der Waals surface area contributed by atoms with Crippen LogP contribution in [0.1, 0.15) is 26.5 Å². The first-order valence-electron chi connectivity index (χ1n) is 5.84. The minimum atomic E-state index is -0.427. The normalized spacial score (nSPS) is 19.4. The Morgan fingerprint density at radius 2 is 2.29 bits per heavy atom.